The Bertz CT molecular complexity index is 368. The van der Waals surface area contributed by atoms with Crippen molar-refractivity contribution in [1.82, 2.24) is 5.32 Å². The minimum absolute atomic E-state index is 0.223. The number of aliphatic hydroxyl groups excluding tert-OH is 1. The Morgan fingerprint density at radius 1 is 1.47 bits per heavy atom. The summed E-state index contributed by atoms with van der Waals surface area (Å²) in [5, 5.41) is 11.9. The van der Waals surface area contributed by atoms with Crippen LogP contribution in [0.2, 0.25) is 0 Å². The number of nitrogens with one attached hydrogen (secondary N) is 1. The van der Waals surface area contributed by atoms with E-state index in [4.69, 9.17) is 14.6 Å². The van der Waals surface area contributed by atoms with Gasteiger partial charge in [-0.05, 0) is 32.0 Å². The number of rotatable bonds is 6. The second kappa shape index (κ2) is 5.89. The van der Waals surface area contributed by atoms with Crippen LogP contribution in [0.3, 0.4) is 0 Å². The quantitative estimate of drug-likeness (QED) is 0.736. The third-order valence-corrected chi connectivity index (χ3v) is 2.94. The van der Waals surface area contributed by atoms with Crippen molar-refractivity contribution < 1.29 is 14.6 Å². The Hall–Kier alpha value is -1.26. The topological polar surface area (TPSA) is 50.7 Å². The summed E-state index contributed by atoms with van der Waals surface area (Å²) >= 11 is 0. The number of ether oxygens (including phenoxy) is 2. The molecule has 0 fully saturated rings. The highest BCUT2D eigenvalue weighted by Gasteiger charge is 2.22. The first-order valence-electron chi connectivity index (χ1n) is 6.03. The molecule has 1 unspecified atom stereocenters. The normalized spacial score (nSPS) is 17.6. The number of hydrogen-bond acceptors (Lipinski definition) is 4. The van der Waals surface area contributed by atoms with Crippen LogP contribution < -0.4 is 14.8 Å². The van der Waals surface area contributed by atoms with E-state index < -0.39 is 0 Å². The van der Waals surface area contributed by atoms with Gasteiger partial charge in [-0.3, -0.25) is 0 Å². The maximum atomic E-state index is 8.66. The Morgan fingerprint density at radius 2 is 2.35 bits per heavy atom. The van der Waals surface area contributed by atoms with Gasteiger partial charge >= 0.3 is 0 Å². The van der Waals surface area contributed by atoms with Gasteiger partial charge in [0.1, 0.15) is 18.1 Å². The lowest BCUT2D eigenvalue weighted by molar-refractivity contribution is 0.252. The monoisotopic (exact) mass is 237 g/mol. The molecule has 0 amide bonds. The molecule has 94 valence electrons. The molecule has 1 aromatic rings. The highest BCUT2D eigenvalue weighted by Crippen LogP contribution is 2.34. The summed E-state index contributed by atoms with van der Waals surface area (Å²) in [4.78, 5) is 0. The first-order valence-corrected chi connectivity index (χ1v) is 6.03. The van der Waals surface area contributed by atoms with Gasteiger partial charge in [-0.15, -0.1) is 0 Å². The number of benzene rings is 1. The van der Waals surface area contributed by atoms with Crippen LogP contribution in [-0.2, 0) is 0 Å². The zero-order chi connectivity index (χ0) is 12.1. The van der Waals surface area contributed by atoms with Crippen molar-refractivity contribution in [2.75, 3.05) is 26.9 Å². The molecule has 0 saturated carbocycles. The molecule has 0 aromatic heterocycles. The molecular formula is C13H19NO3. The summed E-state index contributed by atoms with van der Waals surface area (Å²) in [5.74, 6) is 1.74. The van der Waals surface area contributed by atoms with Gasteiger partial charge in [0.15, 0.2) is 0 Å². The minimum atomic E-state index is 0.223. The van der Waals surface area contributed by atoms with Crippen molar-refractivity contribution in [3.8, 4) is 11.5 Å². The molecule has 0 radical (unpaired) electrons. The number of hydrogen-bond donors (Lipinski definition) is 2. The van der Waals surface area contributed by atoms with E-state index in [1.165, 1.54) is 5.56 Å². The second-order valence-corrected chi connectivity index (χ2v) is 4.13. The van der Waals surface area contributed by atoms with E-state index in [0.717, 1.165) is 24.3 Å². The van der Waals surface area contributed by atoms with Crippen molar-refractivity contribution >= 4 is 0 Å². The number of aliphatic hydroxyl groups is 1. The molecule has 17 heavy (non-hydrogen) atoms. The zero-order valence-corrected chi connectivity index (χ0v) is 10.1. The van der Waals surface area contributed by atoms with Crippen LogP contribution in [0.25, 0.3) is 0 Å². The maximum absolute atomic E-state index is 8.66. The summed E-state index contributed by atoms with van der Waals surface area (Å²) in [6.45, 7) is 1.54. The molecule has 2 N–H and O–H groups in total. The van der Waals surface area contributed by atoms with Gasteiger partial charge in [-0.1, -0.05) is 0 Å². The molecule has 0 saturated heterocycles. The Labute approximate surface area is 102 Å². The molecule has 2 rings (SSSR count). The lowest BCUT2D eigenvalue weighted by Crippen LogP contribution is -2.17. The molecule has 1 aromatic carbocycles. The largest absolute Gasteiger partial charge is 0.493 e. The van der Waals surface area contributed by atoms with Crippen molar-refractivity contribution in [1.29, 1.82) is 0 Å². The lowest BCUT2D eigenvalue weighted by atomic mass is 10.1. The number of unbranched alkanes of at least 4 members (excludes halogenated alkanes) is 1. The third kappa shape index (κ3) is 2.90. The van der Waals surface area contributed by atoms with Crippen LogP contribution in [-0.4, -0.2) is 32.0 Å². The second-order valence-electron chi connectivity index (χ2n) is 4.13. The minimum Gasteiger partial charge on any atom is -0.493 e. The molecule has 1 aliphatic heterocycles. The van der Waals surface area contributed by atoms with Gasteiger partial charge in [0.2, 0.25) is 0 Å². The zero-order valence-electron chi connectivity index (χ0n) is 10.1. The summed E-state index contributed by atoms with van der Waals surface area (Å²) in [7, 11) is 1.93. The molecular weight excluding hydrogens is 218 g/mol. The van der Waals surface area contributed by atoms with E-state index in [0.29, 0.717) is 13.2 Å². The first-order chi connectivity index (χ1) is 8.35. The molecule has 0 bridgehead atoms. The molecule has 4 heteroatoms. The first kappa shape index (κ1) is 12.2. The number of fused-ring (bicyclic) bond motifs is 1. The Morgan fingerprint density at radius 3 is 3.12 bits per heavy atom. The Kier molecular flexibility index (Phi) is 4.23. The van der Waals surface area contributed by atoms with Gasteiger partial charge in [-0.25, -0.2) is 0 Å². The molecule has 0 spiro atoms. The summed E-state index contributed by atoms with van der Waals surface area (Å²) in [5.41, 5.74) is 1.19. The average molecular weight is 237 g/mol. The van der Waals surface area contributed by atoms with Gasteiger partial charge in [0.25, 0.3) is 0 Å². The van der Waals surface area contributed by atoms with E-state index in [2.05, 4.69) is 5.32 Å². The standard InChI is InChI=1S/C13H19NO3/c1-14-12-9-17-13-8-10(4-5-11(12)13)16-7-3-2-6-15/h4-5,8,12,14-15H,2-3,6-7,9H2,1H3. The SMILES string of the molecule is CNC1COc2cc(OCCCCO)ccc21. The average Bonchev–Trinajstić information content (AvgIpc) is 2.77. The highest BCUT2D eigenvalue weighted by molar-refractivity contribution is 5.44. The summed E-state index contributed by atoms with van der Waals surface area (Å²) in [6, 6.07) is 6.24. The van der Waals surface area contributed by atoms with Crippen LogP contribution in [0.5, 0.6) is 11.5 Å². The lowest BCUT2D eigenvalue weighted by Gasteiger charge is -2.08. The van der Waals surface area contributed by atoms with Crippen molar-refractivity contribution in [2.24, 2.45) is 0 Å². The fourth-order valence-corrected chi connectivity index (χ4v) is 1.92. The van der Waals surface area contributed by atoms with Crippen LogP contribution >= 0.6 is 0 Å². The number of likely N-dealkylation sites (N-methyl/N-ethyl adjacent to an activating group) is 1. The van der Waals surface area contributed by atoms with Crippen molar-refractivity contribution in [2.45, 2.75) is 18.9 Å². The van der Waals surface area contributed by atoms with Gasteiger partial charge in [0.05, 0.1) is 12.6 Å². The molecule has 0 aliphatic carbocycles. The molecule has 4 nitrogen and oxygen atoms in total. The highest BCUT2D eigenvalue weighted by atomic mass is 16.5. The molecule has 1 aliphatic rings. The van der Waals surface area contributed by atoms with Crippen molar-refractivity contribution in [3.05, 3.63) is 23.8 Å². The van der Waals surface area contributed by atoms with Crippen LogP contribution in [0.15, 0.2) is 18.2 Å². The predicted octanol–water partition coefficient (Wildman–Crippen LogP) is 1.49. The smallest absolute Gasteiger partial charge is 0.127 e. The third-order valence-electron chi connectivity index (χ3n) is 2.94. The molecule has 1 heterocycles. The van der Waals surface area contributed by atoms with E-state index in [1.807, 2.05) is 25.2 Å². The molecule has 1 atom stereocenters. The predicted molar refractivity (Wildman–Crippen MR) is 65.6 cm³/mol. The van der Waals surface area contributed by atoms with Gasteiger partial charge in [0, 0.05) is 18.2 Å². The summed E-state index contributed by atoms with van der Waals surface area (Å²) < 4.78 is 11.2. The Balaban J connectivity index is 1.93. The van der Waals surface area contributed by atoms with Crippen molar-refractivity contribution in [3.63, 3.8) is 0 Å². The van der Waals surface area contributed by atoms with Gasteiger partial charge in [-0.2, -0.15) is 0 Å². The van der Waals surface area contributed by atoms with E-state index in [-0.39, 0.29) is 12.6 Å². The summed E-state index contributed by atoms with van der Waals surface area (Å²) in [6.07, 6.45) is 1.65. The van der Waals surface area contributed by atoms with Crippen LogP contribution in [0.4, 0.5) is 0 Å². The van der Waals surface area contributed by atoms with Gasteiger partial charge < -0.3 is 19.9 Å². The van der Waals surface area contributed by atoms with Crippen LogP contribution in [0.1, 0.15) is 24.4 Å². The van der Waals surface area contributed by atoms with Crippen LogP contribution in [0, 0.1) is 0 Å². The fourth-order valence-electron chi connectivity index (χ4n) is 1.92. The van der Waals surface area contributed by atoms with E-state index in [1.54, 1.807) is 0 Å². The maximum Gasteiger partial charge on any atom is 0.127 e. The van der Waals surface area contributed by atoms with E-state index >= 15 is 0 Å². The fraction of sp³-hybridized carbons (Fsp3) is 0.538. The van der Waals surface area contributed by atoms with E-state index in [9.17, 15) is 0 Å².